The molecular weight excluding hydrogens is 321 g/mol. The zero-order valence-corrected chi connectivity index (χ0v) is 13.5. The Hall–Kier alpha value is -3.07. The first-order valence-corrected chi connectivity index (χ1v) is 8.07. The lowest BCUT2D eigenvalue weighted by atomic mass is 9.86. The highest BCUT2D eigenvalue weighted by molar-refractivity contribution is 5.67. The van der Waals surface area contributed by atoms with Crippen LogP contribution in [-0.4, -0.2) is 18.2 Å². The summed E-state index contributed by atoms with van der Waals surface area (Å²) in [6.45, 7) is 0.234. The maximum atomic E-state index is 13.8. The van der Waals surface area contributed by atoms with E-state index in [1.807, 2.05) is 36.4 Å². The maximum Gasteiger partial charge on any atom is 0.407 e. The Balaban J connectivity index is 1.39. The number of nitrogens with one attached hydrogen (secondary N) is 2. The molecule has 6 heteroatoms. The molecule has 1 aliphatic rings. The van der Waals surface area contributed by atoms with Gasteiger partial charge in [0.15, 0.2) is 0 Å². The standard InChI is InChI=1S/C19H18FN3O2/c20-17-8-14(11-21)6-7-18(17)22-15-9-16(10-15)23-19(24)25-12-13-4-2-1-3-5-13/h1-8,15-16,22H,9-10,12H2,(H,23,24). The number of anilines is 1. The Morgan fingerprint density at radius 1 is 1.20 bits per heavy atom. The largest absolute Gasteiger partial charge is 0.445 e. The van der Waals surface area contributed by atoms with Crippen molar-refractivity contribution < 1.29 is 13.9 Å². The Morgan fingerprint density at radius 2 is 1.96 bits per heavy atom. The van der Waals surface area contributed by atoms with Gasteiger partial charge >= 0.3 is 6.09 Å². The zero-order valence-electron chi connectivity index (χ0n) is 13.5. The molecule has 0 unspecified atom stereocenters. The van der Waals surface area contributed by atoms with Crippen molar-refractivity contribution in [1.82, 2.24) is 5.32 Å². The Kier molecular flexibility index (Phi) is 5.14. The van der Waals surface area contributed by atoms with Crippen LogP contribution in [0.1, 0.15) is 24.0 Å². The lowest BCUT2D eigenvalue weighted by Crippen LogP contribution is -2.49. The topological polar surface area (TPSA) is 74.2 Å². The van der Waals surface area contributed by atoms with Gasteiger partial charge in [0.1, 0.15) is 12.4 Å². The van der Waals surface area contributed by atoms with E-state index in [0.717, 1.165) is 5.56 Å². The van der Waals surface area contributed by atoms with Gasteiger partial charge in [0.2, 0.25) is 0 Å². The van der Waals surface area contributed by atoms with E-state index in [-0.39, 0.29) is 24.3 Å². The van der Waals surface area contributed by atoms with E-state index < -0.39 is 11.9 Å². The number of carbonyl (C=O) groups excluding carboxylic acids is 1. The second-order valence-corrected chi connectivity index (χ2v) is 6.02. The van der Waals surface area contributed by atoms with Gasteiger partial charge < -0.3 is 15.4 Å². The van der Waals surface area contributed by atoms with Crippen LogP contribution < -0.4 is 10.6 Å². The van der Waals surface area contributed by atoms with Gasteiger partial charge in [-0.15, -0.1) is 0 Å². The molecule has 0 saturated heterocycles. The molecule has 128 valence electrons. The minimum atomic E-state index is -0.447. The van der Waals surface area contributed by atoms with E-state index in [1.54, 1.807) is 12.1 Å². The van der Waals surface area contributed by atoms with Gasteiger partial charge in [0.05, 0.1) is 17.3 Å². The van der Waals surface area contributed by atoms with Crippen molar-refractivity contribution in [1.29, 1.82) is 5.26 Å². The first kappa shape index (κ1) is 16.8. The van der Waals surface area contributed by atoms with Crippen molar-refractivity contribution in [3.8, 4) is 6.07 Å². The molecule has 0 aromatic heterocycles. The second-order valence-electron chi connectivity index (χ2n) is 6.02. The van der Waals surface area contributed by atoms with Crippen molar-refractivity contribution in [2.45, 2.75) is 31.5 Å². The quantitative estimate of drug-likeness (QED) is 0.873. The lowest BCUT2D eigenvalue weighted by molar-refractivity contribution is 0.129. The highest BCUT2D eigenvalue weighted by Gasteiger charge is 2.31. The van der Waals surface area contributed by atoms with Crippen LogP contribution in [0.2, 0.25) is 0 Å². The minimum absolute atomic E-state index is 0.0159. The Morgan fingerprint density at radius 3 is 2.64 bits per heavy atom. The van der Waals surface area contributed by atoms with Gasteiger partial charge in [-0.1, -0.05) is 30.3 Å². The number of benzene rings is 2. The number of carbonyl (C=O) groups is 1. The number of halogens is 1. The fourth-order valence-electron chi connectivity index (χ4n) is 2.71. The fraction of sp³-hybridized carbons (Fsp3) is 0.263. The van der Waals surface area contributed by atoms with Crippen molar-refractivity contribution in [3.63, 3.8) is 0 Å². The van der Waals surface area contributed by atoms with Crippen LogP contribution in [0.15, 0.2) is 48.5 Å². The third kappa shape index (κ3) is 4.48. The monoisotopic (exact) mass is 339 g/mol. The smallest absolute Gasteiger partial charge is 0.407 e. The number of rotatable bonds is 5. The molecule has 0 radical (unpaired) electrons. The van der Waals surface area contributed by atoms with E-state index >= 15 is 0 Å². The second kappa shape index (κ2) is 7.67. The Labute approximate surface area is 145 Å². The molecule has 2 aromatic carbocycles. The van der Waals surface area contributed by atoms with Gasteiger partial charge in [-0.25, -0.2) is 9.18 Å². The predicted molar refractivity (Wildman–Crippen MR) is 91.3 cm³/mol. The molecule has 25 heavy (non-hydrogen) atoms. The average Bonchev–Trinajstić information content (AvgIpc) is 2.60. The number of hydrogen-bond acceptors (Lipinski definition) is 4. The van der Waals surface area contributed by atoms with Crippen molar-refractivity contribution in [2.24, 2.45) is 0 Å². The molecule has 1 fully saturated rings. The van der Waals surface area contributed by atoms with Gasteiger partial charge in [0, 0.05) is 12.1 Å². The Bertz CT molecular complexity index is 783. The van der Waals surface area contributed by atoms with Crippen LogP contribution in [-0.2, 0) is 11.3 Å². The minimum Gasteiger partial charge on any atom is -0.445 e. The van der Waals surface area contributed by atoms with E-state index in [4.69, 9.17) is 10.00 Å². The van der Waals surface area contributed by atoms with Crippen LogP contribution in [0.3, 0.4) is 0 Å². The average molecular weight is 339 g/mol. The summed E-state index contributed by atoms with van der Waals surface area (Å²) in [5.74, 6) is -0.447. The molecule has 0 atom stereocenters. The van der Waals surface area contributed by atoms with Crippen molar-refractivity contribution in [2.75, 3.05) is 5.32 Å². The summed E-state index contributed by atoms with van der Waals surface area (Å²) in [5.41, 5.74) is 1.59. The van der Waals surface area contributed by atoms with E-state index in [2.05, 4.69) is 10.6 Å². The number of nitriles is 1. The highest BCUT2D eigenvalue weighted by atomic mass is 19.1. The first-order chi connectivity index (χ1) is 12.1. The van der Waals surface area contributed by atoms with Crippen LogP contribution in [0.4, 0.5) is 14.9 Å². The lowest BCUT2D eigenvalue weighted by Gasteiger charge is -2.36. The molecule has 0 bridgehead atoms. The van der Waals surface area contributed by atoms with Crippen LogP contribution in [0.5, 0.6) is 0 Å². The van der Waals surface area contributed by atoms with Gasteiger partial charge in [0.25, 0.3) is 0 Å². The van der Waals surface area contributed by atoms with Gasteiger partial charge in [-0.3, -0.25) is 0 Å². The summed E-state index contributed by atoms with van der Waals surface area (Å²) in [7, 11) is 0. The molecule has 0 heterocycles. The fourth-order valence-corrected chi connectivity index (χ4v) is 2.71. The molecule has 0 spiro atoms. The van der Waals surface area contributed by atoms with Gasteiger partial charge in [-0.05, 0) is 36.6 Å². The third-order valence-corrected chi connectivity index (χ3v) is 4.13. The van der Waals surface area contributed by atoms with Gasteiger partial charge in [-0.2, -0.15) is 5.26 Å². The number of alkyl carbamates (subject to hydrolysis) is 1. The molecular formula is C19H18FN3O2. The maximum absolute atomic E-state index is 13.8. The summed E-state index contributed by atoms with van der Waals surface area (Å²) in [5, 5.41) is 14.6. The van der Waals surface area contributed by atoms with Crippen LogP contribution in [0.25, 0.3) is 0 Å². The molecule has 2 N–H and O–H groups in total. The molecule has 5 nitrogen and oxygen atoms in total. The van der Waals surface area contributed by atoms with Crippen LogP contribution in [0, 0.1) is 17.1 Å². The van der Waals surface area contributed by atoms with E-state index in [0.29, 0.717) is 18.5 Å². The molecule has 1 amide bonds. The SMILES string of the molecule is N#Cc1ccc(NC2CC(NC(=O)OCc3ccccc3)C2)c(F)c1. The predicted octanol–water partition coefficient (Wildman–Crippen LogP) is 3.57. The van der Waals surface area contributed by atoms with Crippen LogP contribution >= 0.6 is 0 Å². The first-order valence-electron chi connectivity index (χ1n) is 8.07. The molecule has 1 saturated carbocycles. The summed E-state index contributed by atoms with van der Waals surface area (Å²) in [4.78, 5) is 11.8. The molecule has 2 aromatic rings. The molecule has 3 rings (SSSR count). The summed E-state index contributed by atoms with van der Waals surface area (Å²) >= 11 is 0. The summed E-state index contributed by atoms with van der Waals surface area (Å²) in [6.07, 6.45) is 0.941. The number of ether oxygens (including phenoxy) is 1. The summed E-state index contributed by atoms with van der Waals surface area (Å²) < 4.78 is 19.0. The van der Waals surface area contributed by atoms with E-state index in [1.165, 1.54) is 6.07 Å². The third-order valence-electron chi connectivity index (χ3n) is 4.13. The molecule has 1 aliphatic carbocycles. The van der Waals surface area contributed by atoms with E-state index in [9.17, 15) is 9.18 Å². The number of amides is 1. The van der Waals surface area contributed by atoms with Crippen molar-refractivity contribution in [3.05, 3.63) is 65.5 Å². The normalized spacial score (nSPS) is 18.6. The van der Waals surface area contributed by atoms with Crippen molar-refractivity contribution >= 4 is 11.8 Å². The molecule has 0 aliphatic heterocycles. The summed E-state index contributed by atoms with van der Waals surface area (Å²) in [6, 6.07) is 15.8. The number of hydrogen-bond donors (Lipinski definition) is 2. The number of nitrogens with zero attached hydrogens (tertiary/aromatic N) is 1. The zero-order chi connectivity index (χ0) is 17.6. The highest BCUT2D eigenvalue weighted by Crippen LogP contribution is 2.26.